The Labute approximate surface area is 121 Å². The smallest absolute Gasteiger partial charge is 0.303 e. The van der Waals surface area contributed by atoms with Crippen molar-refractivity contribution in [2.45, 2.75) is 32.8 Å². The molecule has 19 heavy (non-hydrogen) atoms. The van der Waals surface area contributed by atoms with Crippen LogP contribution in [-0.2, 0) is 4.79 Å². The van der Waals surface area contributed by atoms with Crippen molar-refractivity contribution in [2.24, 2.45) is 0 Å². The van der Waals surface area contributed by atoms with Crippen LogP contribution in [0.15, 0.2) is 12.1 Å². The lowest BCUT2D eigenvalue weighted by atomic mass is 10.1. The Hall–Kier alpha value is -1.26. The number of Topliss-reactive ketones (excluding diaryl/α,β-unsaturated/α-hetero) is 1. The van der Waals surface area contributed by atoms with Gasteiger partial charge in [0.25, 0.3) is 0 Å². The third-order valence-corrected chi connectivity index (χ3v) is 2.73. The van der Waals surface area contributed by atoms with Crippen LogP contribution in [-0.4, -0.2) is 23.0 Å². The molecule has 1 aromatic carbocycles. The maximum absolute atomic E-state index is 12.0. The van der Waals surface area contributed by atoms with Crippen LogP contribution in [0.3, 0.4) is 0 Å². The molecule has 104 valence electrons. The summed E-state index contributed by atoms with van der Waals surface area (Å²) in [5.41, 5.74) is 0.215. The molecule has 0 atom stereocenters. The molecule has 0 heterocycles. The van der Waals surface area contributed by atoms with Gasteiger partial charge in [-0.2, -0.15) is 0 Å². The maximum Gasteiger partial charge on any atom is 0.303 e. The highest BCUT2D eigenvalue weighted by Gasteiger charge is 2.19. The monoisotopic (exact) mass is 304 g/mol. The average molecular weight is 305 g/mol. The van der Waals surface area contributed by atoms with Crippen molar-refractivity contribution < 1.29 is 19.4 Å². The van der Waals surface area contributed by atoms with Crippen LogP contribution in [0.25, 0.3) is 0 Å². The number of aliphatic carboxylic acids is 1. The fourth-order valence-corrected chi connectivity index (χ4v) is 2.02. The van der Waals surface area contributed by atoms with Gasteiger partial charge in [0.2, 0.25) is 0 Å². The standard InChI is InChI=1S/C13H14Cl2O4/c1-7(2)19-13-9(5-8(14)6-10(13)15)11(16)3-4-12(17)18/h5-7H,3-4H2,1-2H3,(H,17,18). The van der Waals surface area contributed by atoms with E-state index in [2.05, 4.69) is 0 Å². The van der Waals surface area contributed by atoms with Crippen LogP contribution in [0.4, 0.5) is 0 Å². The minimum Gasteiger partial charge on any atom is -0.489 e. The molecular weight excluding hydrogens is 291 g/mol. The molecule has 0 bridgehead atoms. The number of ketones is 1. The second-order valence-corrected chi connectivity index (χ2v) is 5.09. The van der Waals surface area contributed by atoms with E-state index in [0.29, 0.717) is 5.02 Å². The molecule has 0 amide bonds. The second kappa shape index (κ2) is 6.78. The molecule has 1 aromatic rings. The van der Waals surface area contributed by atoms with E-state index < -0.39 is 5.97 Å². The molecule has 0 aromatic heterocycles. The number of ether oxygens (including phenoxy) is 1. The number of carboxylic acids is 1. The van der Waals surface area contributed by atoms with E-state index in [1.54, 1.807) is 13.8 Å². The highest BCUT2D eigenvalue weighted by atomic mass is 35.5. The van der Waals surface area contributed by atoms with Crippen molar-refractivity contribution in [3.63, 3.8) is 0 Å². The third-order valence-electron chi connectivity index (χ3n) is 2.23. The lowest BCUT2D eigenvalue weighted by molar-refractivity contribution is -0.136. The largest absolute Gasteiger partial charge is 0.489 e. The minimum absolute atomic E-state index is 0.125. The van der Waals surface area contributed by atoms with Crippen LogP contribution in [0.2, 0.25) is 10.0 Å². The Bertz CT molecular complexity index is 498. The molecular formula is C13H14Cl2O4. The summed E-state index contributed by atoms with van der Waals surface area (Å²) in [6.45, 7) is 3.60. The van der Waals surface area contributed by atoms with Crippen LogP contribution >= 0.6 is 23.2 Å². The van der Waals surface area contributed by atoms with E-state index in [-0.39, 0.29) is 41.1 Å². The number of hydrogen-bond donors (Lipinski definition) is 1. The van der Waals surface area contributed by atoms with Gasteiger partial charge in [-0.15, -0.1) is 0 Å². The number of halogens is 2. The molecule has 0 saturated heterocycles. The number of carbonyl (C=O) groups excluding carboxylic acids is 1. The molecule has 1 rings (SSSR count). The lowest BCUT2D eigenvalue weighted by Gasteiger charge is -2.15. The summed E-state index contributed by atoms with van der Waals surface area (Å²) in [5, 5.41) is 9.14. The van der Waals surface area contributed by atoms with Gasteiger partial charge in [-0.25, -0.2) is 0 Å². The third kappa shape index (κ3) is 4.73. The van der Waals surface area contributed by atoms with Gasteiger partial charge in [0.1, 0.15) is 5.75 Å². The first-order valence-electron chi connectivity index (χ1n) is 5.72. The Morgan fingerprint density at radius 3 is 2.42 bits per heavy atom. The Balaban J connectivity index is 3.09. The highest BCUT2D eigenvalue weighted by Crippen LogP contribution is 2.34. The summed E-state index contributed by atoms with van der Waals surface area (Å²) in [6.07, 6.45) is -0.533. The minimum atomic E-state index is -1.03. The van der Waals surface area contributed by atoms with Crippen LogP contribution in [0.5, 0.6) is 5.75 Å². The molecule has 0 radical (unpaired) electrons. The predicted octanol–water partition coefficient (Wildman–Crippen LogP) is 3.83. The highest BCUT2D eigenvalue weighted by molar-refractivity contribution is 6.36. The molecule has 1 N–H and O–H groups in total. The van der Waals surface area contributed by atoms with E-state index in [0.717, 1.165) is 0 Å². The topological polar surface area (TPSA) is 63.6 Å². The van der Waals surface area contributed by atoms with Gasteiger partial charge < -0.3 is 9.84 Å². The van der Waals surface area contributed by atoms with Gasteiger partial charge in [-0.1, -0.05) is 23.2 Å². The van der Waals surface area contributed by atoms with E-state index >= 15 is 0 Å². The van der Waals surface area contributed by atoms with Gasteiger partial charge in [0, 0.05) is 11.4 Å². The quantitative estimate of drug-likeness (QED) is 0.811. The van der Waals surface area contributed by atoms with Crippen molar-refractivity contribution in [2.75, 3.05) is 0 Å². The molecule has 0 aliphatic heterocycles. The van der Waals surface area contributed by atoms with E-state index in [1.165, 1.54) is 12.1 Å². The van der Waals surface area contributed by atoms with Crippen LogP contribution in [0, 0.1) is 0 Å². The Morgan fingerprint density at radius 2 is 1.89 bits per heavy atom. The molecule has 0 spiro atoms. The first kappa shape index (κ1) is 15.8. The van der Waals surface area contributed by atoms with Gasteiger partial charge >= 0.3 is 5.97 Å². The SMILES string of the molecule is CC(C)Oc1c(Cl)cc(Cl)cc1C(=O)CCC(=O)O. The first-order chi connectivity index (χ1) is 8.81. The number of carbonyl (C=O) groups is 2. The predicted molar refractivity (Wildman–Crippen MR) is 73.4 cm³/mol. The molecule has 0 aliphatic rings. The number of carboxylic acid groups (broad SMARTS) is 1. The molecule has 0 unspecified atom stereocenters. The molecule has 0 fully saturated rings. The fraction of sp³-hybridized carbons (Fsp3) is 0.385. The van der Waals surface area contributed by atoms with Crippen molar-refractivity contribution in [3.8, 4) is 5.75 Å². The van der Waals surface area contributed by atoms with Crippen molar-refractivity contribution >= 4 is 35.0 Å². The fourth-order valence-electron chi connectivity index (χ4n) is 1.48. The molecule has 0 aliphatic carbocycles. The summed E-state index contributed by atoms with van der Waals surface area (Å²) >= 11 is 11.9. The number of benzene rings is 1. The van der Waals surface area contributed by atoms with Crippen molar-refractivity contribution in [1.29, 1.82) is 0 Å². The summed E-state index contributed by atoms with van der Waals surface area (Å²) in [7, 11) is 0. The zero-order valence-electron chi connectivity index (χ0n) is 10.6. The van der Waals surface area contributed by atoms with E-state index in [9.17, 15) is 9.59 Å². The zero-order valence-corrected chi connectivity index (χ0v) is 12.1. The average Bonchev–Trinajstić information content (AvgIpc) is 2.28. The van der Waals surface area contributed by atoms with Crippen molar-refractivity contribution in [3.05, 3.63) is 27.7 Å². The van der Waals surface area contributed by atoms with Crippen molar-refractivity contribution in [1.82, 2.24) is 0 Å². The van der Waals surface area contributed by atoms with E-state index in [4.69, 9.17) is 33.0 Å². The summed E-state index contributed by atoms with van der Waals surface area (Å²) in [5.74, 6) is -1.15. The zero-order chi connectivity index (χ0) is 14.6. The first-order valence-corrected chi connectivity index (χ1v) is 6.47. The summed E-state index contributed by atoms with van der Waals surface area (Å²) in [6, 6.07) is 2.92. The van der Waals surface area contributed by atoms with E-state index in [1.807, 2.05) is 0 Å². The van der Waals surface area contributed by atoms with Crippen LogP contribution < -0.4 is 4.74 Å². The van der Waals surface area contributed by atoms with Gasteiger partial charge in [0.15, 0.2) is 5.78 Å². The number of hydrogen-bond acceptors (Lipinski definition) is 3. The Kier molecular flexibility index (Phi) is 5.63. The molecule has 4 nitrogen and oxygen atoms in total. The lowest BCUT2D eigenvalue weighted by Crippen LogP contribution is -2.11. The van der Waals surface area contributed by atoms with Gasteiger partial charge in [-0.3, -0.25) is 9.59 Å². The molecule has 0 saturated carbocycles. The normalized spacial score (nSPS) is 10.6. The second-order valence-electron chi connectivity index (χ2n) is 4.25. The van der Waals surface area contributed by atoms with Crippen LogP contribution in [0.1, 0.15) is 37.0 Å². The Morgan fingerprint density at radius 1 is 1.26 bits per heavy atom. The summed E-state index contributed by atoms with van der Waals surface area (Å²) in [4.78, 5) is 22.5. The maximum atomic E-state index is 12.0. The molecule has 6 heteroatoms. The van der Waals surface area contributed by atoms with Gasteiger partial charge in [-0.05, 0) is 26.0 Å². The van der Waals surface area contributed by atoms with Gasteiger partial charge in [0.05, 0.1) is 23.1 Å². The number of rotatable bonds is 6. The summed E-state index contributed by atoms with van der Waals surface area (Å²) < 4.78 is 5.50.